The zero-order chi connectivity index (χ0) is 23.2. The van der Waals surface area contributed by atoms with E-state index in [1.54, 1.807) is 0 Å². The first-order valence-electron chi connectivity index (χ1n) is 9.75. The molecule has 0 unspecified atom stereocenters. The largest absolute Gasteiger partial charge is 0.508 e. The number of aliphatic hydroxyl groups excluding tert-OH is 4. The van der Waals surface area contributed by atoms with Gasteiger partial charge in [0.05, 0.1) is 13.0 Å². The van der Waals surface area contributed by atoms with Crippen molar-refractivity contribution in [3.8, 4) is 28.7 Å². The summed E-state index contributed by atoms with van der Waals surface area (Å²) in [5.74, 6) is -1.63. The second kappa shape index (κ2) is 8.45. The van der Waals surface area contributed by atoms with Crippen molar-refractivity contribution in [2.24, 2.45) is 0 Å². The van der Waals surface area contributed by atoms with Crippen molar-refractivity contribution < 1.29 is 54.8 Å². The third-order valence-electron chi connectivity index (χ3n) is 5.43. The number of aliphatic hydroxyl groups is 4. The molecule has 0 aromatic heterocycles. The maximum Gasteiger partial charge on any atom is 0.229 e. The number of hydrogen-bond acceptors (Lipinski definition) is 11. The normalized spacial score (nSPS) is 29.8. The van der Waals surface area contributed by atoms with E-state index in [1.165, 1.54) is 24.3 Å². The van der Waals surface area contributed by atoms with Crippen LogP contribution in [0.1, 0.15) is 28.4 Å². The van der Waals surface area contributed by atoms with Crippen molar-refractivity contribution in [2.45, 2.75) is 43.2 Å². The summed E-state index contributed by atoms with van der Waals surface area (Å²) in [5.41, 5.74) is 0.347. The summed E-state index contributed by atoms with van der Waals surface area (Å²) < 4.78 is 16.5. The summed E-state index contributed by atoms with van der Waals surface area (Å²) in [6.07, 6.45) is -8.60. The summed E-state index contributed by atoms with van der Waals surface area (Å²) in [7, 11) is 0. The van der Waals surface area contributed by atoms with Crippen LogP contribution >= 0.6 is 0 Å². The number of Topliss-reactive ketones (excluding diaryl/α,β-unsaturated/α-hetero) is 1. The summed E-state index contributed by atoms with van der Waals surface area (Å²) in [5, 5.41) is 69.0. The van der Waals surface area contributed by atoms with Crippen LogP contribution in [0.5, 0.6) is 28.7 Å². The smallest absolute Gasteiger partial charge is 0.229 e. The molecule has 0 saturated carbocycles. The number of carbonyl (C=O) groups excluding carboxylic acids is 1. The van der Waals surface area contributed by atoms with Gasteiger partial charge in [-0.2, -0.15) is 0 Å². The van der Waals surface area contributed by atoms with Crippen LogP contribution in [0.2, 0.25) is 0 Å². The summed E-state index contributed by atoms with van der Waals surface area (Å²) >= 11 is 0. The van der Waals surface area contributed by atoms with Crippen molar-refractivity contribution in [1.82, 2.24) is 0 Å². The van der Waals surface area contributed by atoms with Gasteiger partial charge in [0, 0.05) is 12.1 Å². The Morgan fingerprint density at radius 2 is 1.72 bits per heavy atom. The molecule has 172 valence electrons. The Balaban J connectivity index is 1.59. The van der Waals surface area contributed by atoms with E-state index in [9.17, 15) is 40.5 Å². The molecule has 0 amide bonds. The van der Waals surface area contributed by atoms with Crippen molar-refractivity contribution in [2.75, 3.05) is 6.61 Å². The summed E-state index contributed by atoms with van der Waals surface area (Å²) in [4.78, 5) is 12.5. The van der Waals surface area contributed by atoms with Gasteiger partial charge in [-0.3, -0.25) is 4.79 Å². The van der Waals surface area contributed by atoms with Crippen LogP contribution in [0.15, 0.2) is 30.3 Å². The topological polar surface area (TPSA) is 186 Å². The van der Waals surface area contributed by atoms with Gasteiger partial charge in [0.15, 0.2) is 17.3 Å². The molecule has 2 aliphatic heterocycles. The van der Waals surface area contributed by atoms with Crippen LogP contribution < -0.4 is 9.47 Å². The van der Waals surface area contributed by atoms with E-state index in [1.807, 2.05) is 0 Å². The van der Waals surface area contributed by atoms with Gasteiger partial charge in [-0.15, -0.1) is 0 Å². The zero-order valence-electron chi connectivity index (χ0n) is 16.5. The molecule has 0 bridgehead atoms. The van der Waals surface area contributed by atoms with Gasteiger partial charge in [-0.1, -0.05) is 6.07 Å². The molecule has 4 rings (SSSR count). The standard InChI is InChI=1S/C21H22O11/c22-7-16-18(27)19(28)20(29)21(32-16)31-14-3-8(1-2-10(14)24)13-6-12(26)17-11(25)4-9(23)5-15(17)30-13/h1-5,13,16,18-25,27-29H,6-7H2/t13-,16+,18-,19+,20-,21-/m1/s1. The lowest BCUT2D eigenvalue weighted by molar-refractivity contribution is -0.277. The molecule has 1 saturated heterocycles. The van der Waals surface area contributed by atoms with Crippen LogP contribution in [0.3, 0.4) is 0 Å². The van der Waals surface area contributed by atoms with Gasteiger partial charge < -0.3 is 50.0 Å². The van der Waals surface area contributed by atoms with E-state index in [2.05, 4.69) is 0 Å². The minimum Gasteiger partial charge on any atom is -0.508 e. The maximum absolute atomic E-state index is 12.5. The molecule has 0 spiro atoms. The monoisotopic (exact) mass is 450 g/mol. The molecular weight excluding hydrogens is 428 g/mol. The molecule has 11 heteroatoms. The van der Waals surface area contributed by atoms with E-state index in [0.29, 0.717) is 5.56 Å². The lowest BCUT2D eigenvalue weighted by Crippen LogP contribution is -2.60. The SMILES string of the molecule is O=C1C[C@H](c2ccc(O)c(O[C@@H]3O[C@@H](CO)[C@@H](O)[C@H](O)[C@H]3O)c2)Oc2cc(O)cc(O)c21. The number of phenols is 3. The Bertz CT molecular complexity index is 1020. The number of ketones is 1. The number of benzene rings is 2. The number of phenolic OH excluding ortho intramolecular Hbond substituents is 3. The molecule has 0 radical (unpaired) electrons. The predicted octanol–water partition coefficient (Wildman–Crippen LogP) is -0.311. The highest BCUT2D eigenvalue weighted by atomic mass is 16.7. The highest BCUT2D eigenvalue weighted by Gasteiger charge is 2.45. The number of fused-ring (bicyclic) bond motifs is 1. The highest BCUT2D eigenvalue weighted by Crippen LogP contribution is 2.43. The Hall–Kier alpha value is -3.09. The predicted molar refractivity (Wildman–Crippen MR) is 105 cm³/mol. The lowest BCUT2D eigenvalue weighted by atomic mass is 9.95. The molecule has 2 aliphatic rings. The number of hydrogen-bond donors (Lipinski definition) is 7. The first-order chi connectivity index (χ1) is 15.2. The van der Waals surface area contributed by atoms with E-state index < -0.39 is 54.9 Å². The third kappa shape index (κ3) is 3.92. The van der Waals surface area contributed by atoms with Crippen molar-refractivity contribution in [1.29, 1.82) is 0 Å². The van der Waals surface area contributed by atoms with Crippen LogP contribution in [-0.4, -0.2) is 78.8 Å². The zero-order valence-corrected chi connectivity index (χ0v) is 16.5. The quantitative estimate of drug-likeness (QED) is 0.324. The third-order valence-corrected chi connectivity index (χ3v) is 5.43. The fraction of sp³-hybridized carbons (Fsp3) is 0.381. The fourth-order valence-corrected chi connectivity index (χ4v) is 3.73. The van der Waals surface area contributed by atoms with Gasteiger partial charge in [-0.05, 0) is 17.7 Å². The van der Waals surface area contributed by atoms with Crippen LogP contribution in [0.25, 0.3) is 0 Å². The van der Waals surface area contributed by atoms with E-state index >= 15 is 0 Å². The maximum atomic E-state index is 12.5. The minimum atomic E-state index is -1.68. The van der Waals surface area contributed by atoms with Crippen LogP contribution in [0.4, 0.5) is 0 Å². The lowest BCUT2D eigenvalue weighted by Gasteiger charge is -2.39. The van der Waals surface area contributed by atoms with E-state index in [4.69, 9.17) is 14.2 Å². The van der Waals surface area contributed by atoms with Gasteiger partial charge >= 0.3 is 0 Å². The van der Waals surface area contributed by atoms with Gasteiger partial charge in [-0.25, -0.2) is 0 Å². The number of carbonyl (C=O) groups is 1. The second-order valence-corrected chi connectivity index (χ2v) is 7.61. The van der Waals surface area contributed by atoms with Crippen LogP contribution in [-0.2, 0) is 4.74 Å². The van der Waals surface area contributed by atoms with Crippen molar-refractivity contribution in [3.05, 3.63) is 41.5 Å². The molecule has 0 aliphatic carbocycles. The van der Waals surface area contributed by atoms with Gasteiger partial charge in [0.25, 0.3) is 0 Å². The van der Waals surface area contributed by atoms with Gasteiger partial charge in [0.1, 0.15) is 53.3 Å². The molecule has 2 aromatic carbocycles. The van der Waals surface area contributed by atoms with Gasteiger partial charge in [0.2, 0.25) is 6.29 Å². The number of aromatic hydroxyl groups is 3. The fourth-order valence-electron chi connectivity index (χ4n) is 3.73. The van der Waals surface area contributed by atoms with E-state index in [0.717, 1.165) is 6.07 Å². The molecule has 7 N–H and O–H groups in total. The molecule has 1 fully saturated rings. The Kier molecular flexibility index (Phi) is 5.84. The molecule has 32 heavy (non-hydrogen) atoms. The van der Waals surface area contributed by atoms with Crippen molar-refractivity contribution >= 4 is 5.78 Å². The Morgan fingerprint density at radius 1 is 0.969 bits per heavy atom. The number of ether oxygens (including phenoxy) is 3. The second-order valence-electron chi connectivity index (χ2n) is 7.61. The van der Waals surface area contributed by atoms with E-state index in [-0.39, 0.29) is 35.0 Å². The first kappa shape index (κ1) is 22.1. The van der Waals surface area contributed by atoms with Crippen LogP contribution in [0, 0.1) is 0 Å². The minimum absolute atomic E-state index is 0.00627. The Morgan fingerprint density at radius 3 is 2.44 bits per heavy atom. The average molecular weight is 450 g/mol. The molecule has 11 nitrogen and oxygen atoms in total. The molecule has 6 atom stereocenters. The first-order valence-corrected chi connectivity index (χ1v) is 9.75. The summed E-state index contributed by atoms with van der Waals surface area (Å²) in [6, 6.07) is 6.31. The number of rotatable bonds is 4. The molecule has 2 heterocycles. The highest BCUT2D eigenvalue weighted by molar-refractivity contribution is 6.02. The van der Waals surface area contributed by atoms with Crippen molar-refractivity contribution in [3.63, 3.8) is 0 Å². The molecular formula is C21H22O11. The average Bonchev–Trinajstić information content (AvgIpc) is 2.74. The summed E-state index contributed by atoms with van der Waals surface area (Å²) in [6.45, 7) is -0.645. The Labute approximate surface area is 181 Å². The molecule has 2 aromatic rings.